The van der Waals surface area contributed by atoms with Crippen LogP contribution in [0.25, 0.3) is 16.9 Å². The summed E-state index contributed by atoms with van der Waals surface area (Å²) in [4.78, 5) is 4.65. The van der Waals surface area contributed by atoms with Crippen LogP contribution < -0.4 is 0 Å². The van der Waals surface area contributed by atoms with Crippen molar-refractivity contribution in [3.63, 3.8) is 0 Å². The number of aromatic nitrogens is 3. The monoisotopic (exact) mass is 387 g/mol. The van der Waals surface area contributed by atoms with Gasteiger partial charge in [0.1, 0.15) is 11.5 Å². The first-order chi connectivity index (χ1) is 12.9. The molecule has 0 saturated carbocycles. The van der Waals surface area contributed by atoms with Crippen molar-refractivity contribution in [2.75, 3.05) is 0 Å². The number of thioether (sulfide) groups is 1. The molecule has 0 atom stereocenters. The van der Waals surface area contributed by atoms with Crippen LogP contribution in [0.5, 0.6) is 5.88 Å². The lowest BCUT2D eigenvalue weighted by Gasteiger charge is -2.05. The molecule has 8 heteroatoms. The third-order valence-electron chi connectivity index (χ3n) is 4.07. The fraction of sp³-hybridized carbons (Fsp3) is 0.158. The van der Waals surface area contributed by atoms with Gasteiger partial charge in [-0.3, -0.25) is 0 Å². The first-order valence-corrected chi connectivity index (χ1v) is 9.14. The fourth-order valence-electron chi connectivity index (χ4n) is 2.85. The molecule has 1 N–H and O–H groups in total. The highest BCUT2D eigenvalue weighted by Gasteiger charge is 2.15. The molecule has 0 saturated heterocycles. The van der Waals surface area contributed by atoms with Crippen LogP contribution in [0.2, 0.25) is 0 Å². The van der Waals surface area contributed by atoms with Gasteiger partial charge in [0.25, 0.3) is 0 Å². The molecular weight excluding hydrogens is 372 g/mol. The minimum Gasteiger partial charge on any atom is -0.493 e. The quantitative estimate of drug-likeness (QED) is 0.506. The average Bonchev–Trinajstić information content (AvgIpc) is 3.19. The topological polar surface area (TPSA) is 63.6 Å². The predicted molar refractivity (Wildman–Crippen MR) is 97.7 cm³/mol. The Morgan fingerprint density at radius 1 is 1.19 bits per heavy atom. The third-order valence-corrected chi connectivity index (χ3v) is 5.14. The molecule has 27 heavy (non-hydrogen) atoms. The summed E-state index contributed by atoms with van der Waals surface area (Å²) in [5, 5.41) is 14.6. The minimum absolute atomic E-state index is 0.0839. The number of furan rings is 1. The Kier molecular flexibility index (Phi) is 4.35. The van der Waals surface area contributed by atoms with Crippen LogP contribution >= 0.6 is 11.8 Å². The lowest BCUT2D eigenvalue weighted by atomic mass is 10.2. The van der Waals surface area contributed by atoms with E-state index in [4.69, 9.17) is 4.42 Å². The number of benzene rings is 1. The molecule has 5 nitrogen and oxygen atoms in total. The number of hydrogen-bond acceptors (Lipinski definition) is 5. The molecule has 0 spiro atoms. The van der Waals surface area contributed by atoms with Crippen LogP contribution in [0.15, 0.2) is 45.7 Å². The lowest BCUT2D eigenvalue weighted by molar-refractivity contribution is 0.434. The number of aromatic hydroxyl groups is 1. The number of aryl methyl sites for hydroxylation is 2. The summed E-state index contributed by atoms with van der Waals surface area (Å²) in [6.45, 7) is 3.69. The van der Waals surface area contributed by atoms with Gasteiger partial charge in [0.05, 0.1) is 11.4 Å². The van der Waals surface area contributed by atoms with Crippen LogP contribution in [0.4, 0.5) is 8.78 Å². The molecule has 0 fully saturated rings. The number of hydrogen-bond donors (Lipinski definition) is 1. The molecule has 1 aromatic carbocycles. The Labute approximate surface area is 157 Å². The molecule has 0 aliphatic rings. The maximum absolute atomic E-state index is 13.8. The van der Waals surface area contributed by atoms with E-state index in [1.165, 1.54) is 22.7 Å². The van der Waals surface area contributed by atoms with Gasteiger partial charge in [0, 0.05) is 28.3 Å². The van der Waals surface area contributed by atoms with Crippen molar-refractivity contribution in [1.29, 1.82) is 0 Å². The summed E-state index contributed by atoms with van der Waals surface area (Å²) < 4.78 is 33.9. The van der Waals surface area contributed by atoms with Gasteiger partial charge in [-0.1, -0.05) is 6.07 Å². The van der Waals surface area contributed by atoms with Crippen molar-refractivity contribution in [3.8, 4) is 17.1 Å². The molecule has 0 bridgehead atoms. The molecule has 3 heterocycles. The van der Waals surface area contributed by atoms with E-state index in [1.54, 1.807) is 6.07 Å². The van der Waals surface area contributed by atoms with Crippen molar-refractivity contribution >= 4 is 17.4 Å². The highest BCUT2D eigenvalue weighted by Crippen LogP contribution is 2.30. The van der Waals surface area contributed by atoms with Gasteiger partial charge in [0.15, 0.2) is 17.3 Å². The molecule has 4 aromatic rings. The number of halogens is 2. The van der Waals surface area contributed by atoms with Crippen LogP contribution in [0, 0.1) is 25.5 Å². The standard InChI is InChI=1S/C19H15F2N3O2S/c1-10-6-13(11(2)26-10)15-8-17-22-12(7-18(25)24(17)23-15)9-27-16-5-3-4-14(20)19(16)21/h3-8,25H,9H2,1-2H3. The molecule has 0 aliphatic carbocycles. The van der Waals surface area contributed by atoms with Gasteiger partial charge in [-0.2, -0.15) is 9.61 Å². The predicted octanol–water partition coefficient (Wildman–Crippen LogP) is 4.88. The Morgan fingerprint density at radius 2 is 2.00 bits per heavy atom. The zero-order valence-electron chi connectivity index (χ0n) is 14.5. The van der Waals surface area contributed by atoms with Gasteiger partial charge in [-0.15, -0.1) is 11.8 Å². The van der Waals surface area contributed by atoms with Crippen molar-refractivity contribution in [2.24, 2.45) is 0 Å². The Hall–Kier alpha value is -2.87. The highest BCUT2D eigenvalue weighted by molar-refractivity contribution is 7.98. The Bertz CT molecular complexity index is 1150. The Morgan fingerprint density at radius 3 is 2.74 bits per heavy atom. The third kappa shape index (κ3) is 3.28. The first kappa shape index (κ1) is 17.5. The number of fused-ring (bicyclic) bond motifs is 1. The molecule has 138 valence electrons. The van der Waals surface area contributed by atoms with Crippen LogP contribution in [0.3, 0.4) is 0 Å². The summed E-state index contributed by atoms with van der Waals surface area (Å²) in [5.41, 5.74) is 2.45. The van der Waals surface area contributed by atoms with E-state index in [2.05, 4.69) is 10.1 Å². The number of rotatable bonds is 4. The van der Waals surface area contributed by atoms with Crippen molar-refractivity contribution in [2.45, 2.75) is 24.5 Å². The largest absolute Gasteiger partial charge is 0.493 e. The van der Waals surface area contributed by atoms with Crippen molar-refractivity contribution in [3.05, 3.63) is 65.2 Å². The summed E-state index contributed by atoms with van der Waals surface area (Å²) >= 11 is 1.11. The molecule has 3 aromatic heterocycles. The highest BCUT2D eigenvalue weighted by atomic mass is 32.2. The summed E-state index contributed by atoms with van der Waals surface area (Å²) in [6.07, 6.45) is 0. The van der Waals surface area contributed by atoms with Crippen LogP contribution in [-0.4, -0.2) is 19.7 Å². The maximum atomic E-state index is 13.8. The van der Waals surface area contributed by atoms with Gasteiger partial charge >= 0.3 is 0 Å². The van der Waals surface area contributed by atoms with E-state index >= 15 is 0 Å². The van der Waals surface area contributed by atoms with E-state index in [1.807, 2.05) is 19.9 Å². The van der Waals surface area contributed by atoms with E-state index in [-0.39, 0.29) is 16.5 Å². The van der Waals surface area contributed by atoms with Crippen LogP contribution in [0.1, 0.15) is 17.2 Å². The molecular formula is C19H15F2N3O2S. The van der Waals surface area contributed by atoms with Crippen LogP contribution in [-0.2, 0) is 5.75 Å². The molecule has 0 unspecified atom stereocenters. The Balaban J connectivity index is 1.65. The number of nitrogens with zero attached hydrogens (tertiary/aromatic N) is 3. The van der Waals surface area contributed by atoms with Gasteiger partial charge in [-0.05, 0) is 32.0 Å². The zero-order valence-corrected chi connectivity index (χ0v) is 15.3. The van der Waals surface area contributed by atoms with E-state index in [0.29, 0.717) is 17.0 Å². The summed E-state index contributed by atoms with van der Waals surface area (Å²) in [7, 11) is 0. The normalized spacial score (nSPS) is 11.4. The minimum atomic E-state index is -0.891. The maximum Gasteiger partial charge on any atom is 0.215 e. The van der Waals surface area contributed by atoms with Crippen molar-refractivity contribution < 1.29 is 18.3 Å². The van der Waals surface area contributed by atoms with Crippen molar-refractivity contribution in [1.82, 2.24) is 14.6 Å². The molecule has 4 rings (SSSR count). The second-order valence-corrected chi connectivity index (χ2v) is 7.09. The lowest BCUT2D eigenvalue weighted by Crippen LogP contribution is -1.96. The molecule has 0 amide bonds. The fourth-order valence-corrected chi connectivity index (χ4v) is 3.70. The smallest absolute Gasteiger partial charge is 0.215 e. The molecule has 0 aliphatic heterocycles. The van der Waals surface area contributed by atoms with E-state index in [9.17, 15) is 13.9 Å². The first-order valence-electron chi connectivity index (χ1n) is 8.15. The average molecular weight is 387 g/mol. The van der Waals surface area contributed by atoms with Gasteiger partial charge in [0.2, 0.25) is 5.88 Å². The summed E-state index contributed by atoms with van der Waals surface area (Å²) in [5.74, 6) is -0.0877. The SMILES string of the molecule is Cc1cc(-c2cc3nc(CSc4cccc(F)c4F)cc(O)n3n2)c(C)o1. The summed E-state index contributed by atoms with van der Waals surface area (Å²) in [6, 6.07) is 9.10. The zero-order chi connectivity index (χ0) is 19.1. The van der Waals surface area contributed by atoms with Gasteiger partial charge < -0.3 is 9.52 Å². The molecule has 0 radical (unpaired) electrons. The second-order valence-electron chi connectivity index (χ2n) is 6.07. The van der Waals surface area contributed by atoms with E-state index in [0.717, 1.165) is 34.9 Å². The van der Waals surface area contributed by atoms with Gasteiger partial charge in [-0.25, -0.2) is 13.8 Å². The second kappa shape index (κ2) is 6.70. The van der Waals surface area contributed by atoms with E-state index < -0.39 is 11.6 Å².